The number of hydrogen-bond donors (Lipinski definition) is 1. The molecular formula is C19H22ClN3O3S. The first kappa shape index (κ1) is 19.8. The zero-order valence-corrected chi connectivity index (χ0v) is 16.8. The Kier molecular flexibility index (Phi) is 5.83. The maximum Gasteiger partial charge on any atom is 0.255 e. The summed E-state index contributed by atoms with van der Waals surface area (Å²) in [5, 5.41) is 3.10. The number of aryl methyl sites for hydroxylation is 1. The minimum Gasteiger partial charge on any atom is -0.321 e. The normalized spacial score (nSPS) is 18.3. The number of benzene rings is 1. The van der Waals surface area contributed by atoms with E-state index in [2.05, 4.69) is 10.3 Å². The maximum atomic E-state index is 12.9. The van der Waals surface area contributed by atoms with E-state index in [9.17, 15) is 13.2 Å². The molecule has 1 amide bonds. The summed E-state index contributed by atoms with van der Waals surface area (Å²) in [5.41, 5.74) is 1.44. The fraction of sp³-hybridized carbons (Fsp3) is 0.368. The Morgan fingerprint density at radius 3 is 2.59 bits per heavy atom. The number of pyridine rings is 1. The molecule has 8 heteroatoms. The molecule has 0 aliphatic carbocycles. The SMILES string of the molecule is Cc1nccc(NC(=O)c2ccc(S(=O)(=O)N3CCCC[C@@H]3C)cc2)c1Cl. The molecule has 1 aliphatic heterocycles. The molecule has 27 heavy (non-hydrogen) atoms. The lowest BCUT2D eigenvalue weighted by molar-refractivity contribution is 0.102. The van der Waals surface area contributed by atoms with Crippen LogP contribution in [0, 0.1) is 6.92 Å². The van der Waals surface area contributed by atoms with Crippen molar-refractivity contribution in [2.24, 2.45) is 0 Å². The van der Waals surface area contributed by atoms with Gasteiger partial charge in [0, 0.05) is 24.3 Å². The second-order valence-corrected chi connectivity index (χ2v) is 8.97. The third kappa shape index (κ3) is 4.15. The van der Waals surface area contributed by atoms with Crippen molar-refractivity contribution in [2.45, 2.75) is 44.0 Å². The molecule has 0 saturated carbocycles. The van der Waals surface area contributed by atoms with Crippen molar-refractivity contribution < 1.29 is 13.2 Å². The van der Waals surface area contributed by atoms with Crippen molar-refractivity contribution in [1.29, 1.82) is 0 Å². The van der Waals surface area contributed by atoms with Crippen LogP contribution in [0.3, 0.4) is 0 Å². The smallest absolute Gasteiger partial charge is 0.255 e. The topological polar surface area (TPSA) is 79.4 Å². The van der Waals surface area contributed by atoms with Crippen LogP contribution in [0.4, 0.5) is 5.69 Å². The number of hydrogen-bond acceptors (Lipinski definition) is 4. The highest BCUT2D eigenvalue weighted by molar-refractivity contribution is 7.89. The number of piperidine rings is 1. The summed E-state index contributed by atoms with van der Waals surface area (Å²) in [5.74, 6) is -0.363. The van der Waals surface area contributed by atoms with Gasteiger partial charge in [-0.25, -0.2) is 8.42 Å². The van der Waals surface area contributed by atoms with Gasteiger partial charge in [-0.15, -0.1) is 0 Å². The molecule has 1 saturated heterocycles. The number of sulfonamides is 1. The van der Waals surface area contributed by atoms with Crippen molar-refractivity contribution >= 4 is 33.2 Å². The van der Waals surface area contributed by atoms with Crippen LogP contribution >= 0.6 is 11.6 Å². The van der Waals surface area contributed by atoms with Gasteiger partial charge in [0.1, 0.15) is 0 Å². The summed E-state index contributed by atoms with van der Waals surface area (Å²) in [7, 11) is -3.55. The van der Waals surface area contributed by atoms with Crippen molar-refractivity contribution in [3.05, 3.63) is 52.8 Å². The highest BCUT2D eigenvalue weighted by atomic mass is 35.5. The monoisotopic (exact) mass is 407 g/mol. The molecule has 2 aromatic rings. The molecule has 6 nitrogen and oxygen atoms in total. The van der Waals surface area contributed by atoms with Crippen molar-refractivity contribution in [3.8, 4) is 0 Å². The molecule has 144 valence electrons. The van der Waals surface area contributed by atoms with E-state index in [1.165, 1.54) is 24.3 Å². The average Bonchev–Trinajstić information content (AvgIpc) is 2.65. The third-order valence-corrected chi connectivity index (χ3v) is 7.28. The Balaban J connectivity index is 1.78. The summed E-state index contributed by atoms with van der Waals surface area (Å²) in [6.07, 6.45) is 4.34. The van der Waals surface area contributed by atoms with Gasteiger partial charge < -0.3 is 5.32 Å². The molecule has 0 radical (unpaired) electrons. The lowest BCUT2D eigenvalue weighted by atomic mass is 10.1. The van der Waals surface area contributed by atoms with Gasteiger partial charge >= 0.3 is 0 Å². The van der Waals surface area contributed by atoms with E-state index in [0.717, 1.165) is 19.3 Å². The minimum atomic E-state index is -3.55. The Morgan fingerprint density at radius 2 is 1.93 bits per heavy atom. The van der Waals surface area contributed by atoms with E-state index < -0.39 is 10.0 Å². The molecular weight excluding hydrogens is 386 g/mol. The van der Waals surface area contributed by atoms with Crippen LogP contribution in [0.25, 0.3) is 0 Å². The Hall–Kier alpha value is -1.96. The lowest BCUT2D eigenvalue weighted by Gasteiger charge is -2.32. The van der Waals surface area contributed by atoms with Gasteiger partial charge in [0.05, 0.1) is 21.3 Å². The molecule has 0 spiro atoms. The van der Waals surface area contributed by atoms with E-state index in [0.29, 0.717) is 28.5 Å². The van der Waals surface area contributed by atoms with Crippen LogP contribution in [0.2, 0.25) is 5.02 Å². The summed E-state index contributed by atoms with van der Waals surface area (Å²) < 4.78 is 27.3. The number of nitrogens with zero attached hydrogens (tertiary/aromatic N) is 2. The molecule has 3 rings (SSSR count). The fourth-order valence-electron chi connectivity index (χ4n) is 3.18. The van der Waals surface area contributed by atoms with Gasteiger partial charge in [0.15, 0.2) is 0 Å². The number of carbonyl (C=O) groups is 1. The van der Waals surface area contributed by atoms with E-state index in [4.69, 9.17) is 11.6 Å². The summed E-state index contributed by atoms with van der Waals surface area (Å²) in [6.45, 7) is 4.21. The van der Waals surface area contributed by atoms with Crippen LogP contribution in [0.15, 0.2) is 41.4 Å². The lowest BCUT2D eigenvalue weighted by Crippen LogP contribution is -2.41. The molecule has 2 heterocycles. The van der Waals surface area contributed by atoms with Crippen molar-refractivity contribution in [2.75, 3.05) is 11.9 Å². The Bertz CT molecular complexity index is 945. The van der Waals surface area contributed by atoms with Crippen LogP contribution in [-0.2, 0) is 10.0 Å². The first-order valence-corrected chi connectivity index (χ1v) is 10.7. The van der Waals surface area contributed by atoms with E-state index >= 15 is 0 Å². The molecule has 1 aromatic heterocycles. The van der Waals surface area contributed by atoms with E-state index in [1.54, 1.807) is 23.5 Å². The first-order chi connectivity index (χ1) is 12.8. The minimum absolute atomic E-state index is 0.0104. The standard InChI is InChI=1S/C19H22ClN3O3S/c1-13-5-3-4-12-23(13)27(25,26)16-8-6-15(7-9-16)19(24)22-17-10-11-21-14(2)18(17)20/h6-11,13H,3-5,12H2,1-2H3,(H,21,22,24)/t13-/m0/s1. The number of anilines is 1. The number of nitrogens with one attached hydrogen (secondary N) is 1. The number of aromatic nitrogens is 1. The summed E-state index contributed by atoms with van der Waals surface area (Å²) >= 11 is 6.15. The molecule has 0 unspecified atom stereocenters. The zero-order valence-electron chi connectivity index (χ0n) is 15.3. The molecule has 1 fully saturated rings. The van der Waals surface area contributed by atoms with Gasteiger partial charge in [-0.05, 0) is 57.0 Å². The highest BCUT2D eigenvalue weighted by Crippen LogP contribution is 2.26. The number of halogens is 1. The van der Waals surface area contributed by atoms with E-state index in [1.807, 2.05) is 6.92 Å². The quantitative estimate of drug-likeness (QED) is 0.834. The Labute approximate surface area is 164 Å². The van der Waals surface area contributed by atoms with Crippen molar-refractivity contribution in [1.82, 2.24) is 9.29 Å². The first-order valence-electron chi connectivity index (χ1n) is 8.85. The van der Waals surface area contributed by atoms with Gasteiger partial charge in [0.25, 0.3) is 5.91 Å². The summed E-state index contributed by atoms with van der Waals surface area (Å²) in [6, 6.07) is 7.58. The summed E-state index contributed by atoms with van der Waals surface area (Å²) in [4.78, 5) is 16.7. The number of carbonyl (C=O) groups excluding carboxylic acids is 1. The molecule has 1 aliphatic rings. The van der Waals surface area contributed by atoms with Gasteiger partial charge in [-0.1, -0.05) is 18.0 Å². The second kappa shape index (κ2) is 7.96. The molecule has 1 aromatic carbocycles. The molecule has 1 atom stereocenters. The predicted octanol–water partition coefficient (Wildman–Crippen LogP) is 3.86. The maximum absolute atomic E-state index is 12.9. The second-order valence-electron chi connectivity index (χ2n) is 6.70. The molecule has 0 bridgehead atoms. The van der Waals surface area contributed by atoms with Gasteiger partial charge in [-0.2, -0.15) is 4.31 Å². The molecule has 1 N–H and O–H groups in total. The zero-order chi connectivity index (χ0) is 19.6. The van der Waals surface area contributed by atoms with Gasteiger partial charge in [0.2, 0.25) is 10.0 Å². The van der Waals surface area contributed by atoms with Crippen LogP contribution in [-0.4, -0.2) is 36.2 Å². The number of amides is 1. The number of rotatable bonds is 4. The van der Waals surface area contributed by atoms with Gasteiger partial charge in [-0.3, -0.25) is 9.78 Å². The average molecular weight is 408 g/mol. The fourth-order valence-corrected chi connectivity index (χ4v) is 5.04. The van der Waals surface area contributed by atoms with Crippen LogP contribution in [0.5, 0.6) is 0 Å². The van der Waals surface area contributed by atoms with Crippen LogP contribution < -0.4 is 5.32 Å². The van der Waals surface area contributed by atoms with Crippen molar-refractivity contribution in [3.63, 3.8) is 0 Å². The highest BCUT2D eigenvalue weighted by Gasteiger charge is 2.30. The largest absolute Gasteiger partial charge is 0.321 e. The van der Waals surface area contributed by atoms with Crippen LogP contribution in [0.1, 0.15) is 42.2 Å². The Morgan fingerprint density at radius 1 is 1.22 bits per heavy atom. The third-order valence-electron chi connectivity index (χ3n) is 4.78. The predicted molar refractivity (Wildman–Crippen MR) is 106 cm³/mol. The van der Waals surface area contributed by atoms with E-state index in [-0.39, 0.29) is 16.8 Å².